The van der Waals surface area contributed by atoms with Gasteiger partial charge in [-0.2, -0.15) is 5.10 Å². The first-order chi connectivity index (χ1) is 16.8. The molecule has 4 aromatic rings. The molecule has 9 nitrogen and oxygen atoms in total. The van der Waals surface area contributed by atoms with Crippen LogP contribution in [-0.2, 0) is 23.0 Å². The number of rotatable bonds is 7. The summed E-state index contributed by atoms with van der Waals surface area (Å²) in [7, 11) is -0.838. The van der Waals surface area contributed by atoms with E-state index in [0.29, 0.717) is 24.5 Å². The van der Waals surface area contributed by atoms with Gasteiger partial charge in [-0.25, -0.2) is 12.7 Å². The monoisotopic (exact) mass is 491 g/mol. The molecule has 1 aromatic heterocycles. The minimum atomic E-state index is -3.76. The molecule has 3 aromatic carbocycles. The molecule has 0 radical (unpaired) electrons. The molecule has 0 saturated carbocycles. The van der Waals surface area contributed by atoms with Crippen LogP contribution in [0.4, 0.5) is 11.4 Å². The number of H-pyrrole nitrogens is 1. The molecule has 35 heavy (non-hydrogen) atoms. The second kappa shape index (κ2) is 9.05. The molecular formula is C25H25N5O4S. The zero-order valence-corrected chi connectivity index (χ0v) is 20.1. The number of aromatic nitrogens is 2. The highest BCUT2D eigenvalue weighted by Gasteiger charge is 2.21. The summed E-state index contributed by atoms with van der Waals surface area (Å²) >= 11 is 0. The van der Waals surface area contributed by atoms with Crippen LogP contribution in [0.25, 0.3) is 10.9 Å². The highest BCUT2D eigenvalue weighted by Crippen LogP contribution is 2.27. The van der Waals surface area contributed by atoms with Gasteiger partial charge >= 0.3 is 0 Å². The van der Waals surface area contributed by atoms with Crippen LogP contribution in [0.1, 0.15) is 21.5 Å². The van der Waals surface area contributed by atoms with Gasteiger partial charge in [-0.05, 0) is 53.6 Å². The number of amides is 1. The maximum absolute atomic E-state index is 13.1. The minimum Gasteiger partial charge on any atom is -0.493 e. The van der Waals surface area contributed by atoms with Crippen molar-refractivity contribution in [2.45, 2.75) is 17.9 Å². The number of benzene rings is 3. The van der Waals surface area contributed by atoms with Crippen LogP contribution in [0.2, 0.25) is 0 Å². The van der Waals surface area contributed by atoms with E-state index in [2.05, 4.69) is 26.9 Å². The van der Waals surface area contributed by atoms with Gasteiger partial charge in [0.2, 0.25) is 10.0 Å². The molecular weight excluding hydrogens is 466 g/mol. The van der Waals surface area contributed by atoms with Gasteiger partial charge < -0.3 is 15.4 Å². The molecule has 0 saturated heterocycles. The first-order valence-corrected chi connectivity index (χ1v) is 12.5. The lowest BCUT2D eigenvalue weighted by atomic mass is 10.1. The largest absolute Gasteiger partial charge is 0.493 e. The fraction of sp³-hybridized carbons (Fsp3) is 0.200. The molecule has 1 amide bonds. The molecule has 1 aliphatic heterocycles. The number of fused-ring (bicyclic) bond motifs is 2. The third kappa shape index (κ3) is 4.71. The Balaban J connectivity index is 1.43. The van der Waals surface area contributed by atoms with Crippen molar-refractivity contribution in [3.05, 3.63) is 77.5 Å². The van der Waals surface area contributed by atoms with Crippen LogP contribution in [0.15, 0.2) is 65.7 Å². The molecule has 0 unspecified atom stereocenters. The topological polar surface area (TPSA) is 116 Å². The molecule has 2 heterocycles. The van der Waals surface area contributed by atoms with E-state index in [4.69, 9.17) is 4.74 Å². The second-order valence-corrected chi connectivity index (χ2v) is 10.7. The van der Waals surface area contributed by atoms with Crippen molar-refractivity contribution in [1.82, 2.24) is 14.5 Å². The Hall–Kier alpha value is -3.89. The maximum Gasteiger partial charge on any atom is 0.255 e. The van der Waals surface area contributed by atoms with Crippen molar-refractivity contribution in [3.63, 3.8) is 0 Å². The van der Waals surface area contributed by atoms with Crippen LogP contribution < -0.4 is 15.4 Å². The fourth-order valence-electron chi connectivity index (χ4n) is 3.96. The zero-order chi connectivity index (χ0) is 24.6. The second-order valence-electron chi connectivity index (χ2n) is 8.55. The molecule has 3 N–H and O–H groups in total. The van der Waals surface area contributed by atoms with Gasteiger partial charge in [-0.3, -0.25) is 9.89 Å². The van der Waals surface area contributed by atoms with E-state index in [-0.39, 0.29) is 10.5 Å². The van der Waals surface area contributed by atoms with E-state index in [9.17, 15) is 13.2 Å². The lowest BCUT2D eigenvalue weighted by Crippen LogP contribution is -2.23. The molecule has 0 aliphatic carbocycles. The number of aromatic amines is 1. The highest BCUT2D eigenvalue weighted by molar-refractivity contribution is 7.89. The van der Waals surface area contributed by atoms with Gasteiger partial charge in [-0.1, -0.05) is 12.1 Å². The first kappa shape index (κ1) is 22.9. The van der Waals surface area contributed by atoms with E-state index in [1.807, 2.05) is 18.2 Å². The Kier molecular flexibility index (Phi) is 5.91. The average Bonchev–Trinajstić information content (AvgIpc) is 3.51. The van der Waals surface area contributed by atoms with Gasteiger partial charge in [-0.15, -0.1) is 0 Å². The van der Waals surface area contributed by atoms with Gasteiger partial charge in [0, 0.05) is 49.4 Å². The SMILES string of the molecule is CN(C)S(=O)(=O)c1cc(NCc2ccc3c(c2)CCO3)cc(C(=O)Nc2ccc3cn[nH]c3c2)c1. The van der Waals surface area contributed by atoms with Crippen LogP contribution >= 0.6 is 0 Å². The van der Waals surface area contributed by atoms with Gasteiger partial charge in [0.1, 0.15) is 5.75 Å². The average molecular weight is 492 g/mol. The van der Waals surface area contributed by atoms with Crippen LogP contribution in [-0.4, -0.2) is 49.5 Å². The van der Waals surface area contributed by atoms with Crippen LogP contribution in [0, 0.1) is 0 Å². The molecule has 0 bridgehead atoms. The number of nitrogens with one attached hydrogen (secondary N) is 3. The third-order valence-electron chi connectivity index (χ3n) is 5.90. The summed E-state index contributed by atoms with van der Waals surface area (Å²) in [6.45, 7) is 1.15. The summed E-state index contributed by atoms with van der Waals surface area (Å²) in [6, 6.07) is 16.0. The first-order valence-electron chi connectivity index (χ1n) is 11.1. The van der Waals surface area contributed by atoms with Crippen molar-refractivity contribution in [1.29, 1.82) is 0 Å². The van der Waals surface area contributed by atoms with E-state index in [0.717, 1.165) is 38.5 Å². The van der Waals surface area contributed by atoms with E-state index >= 15 is 0 Å². The number of anilines is 2. The number of ether oxygens (including phenoxy) is 1. The van der Waals surface area contributed by atoms with Gasteiger partial charge in [0.05, 0.1) is 23.2 Å². The number of nitrogens with zero attached hydrogens (tertiary/aromatic N) is 2. The number of carbonyl (C=O) groups excluding carboxylic acids is 1. The fourth-order valence-corrected chi connectivity index (χ4v) is 4.94. The van der Waals surface area contributed by atoms with E-state index < -0.39 is 15.9 Å². The molecule has 1 aliphatic rings. The van der Waals surface area contributed by atoms with E-state index in [1.54, 1.807) is 30.5 Å². The smallest absolute Gasteiger partial charge is 0.255 e. The molecule has 0 fully saturated rings. The lowest BCUT2D eigenvalue weighted by molar-refractivity contribution is 0.102. The zero-order valence-electron chi connectivity index (χ0n) is 19.3. The standard InChI is InChI=1S/C25H25N5O4S/c1-30(2)35(32,33)22-11-19(25(31)28-20-5-4-18-15-27-29-23(18)13-20)10-21(12-22)26-14-16-3-6-24-17(9-16)7-8-34-24/h3-6,9-13,15,26H,7-8,14H2,1-2H3,(H,27,29)(H,28,31). The summed E-state index contributed by atoms with van der Waals surface area (Å²) in [4.78, 5) is 13.1. The summed E-state index contributed by atoms with van der Waals surface area (Å²) < 4.78 is 32.4. The number of sulfonamides is 1. The Bertz CT molecular complexity index is 1530. The molecule has 180 valence electrons. The third-order valence-corrected chi connectivity index (χ3v) is 7.69. The van der Waals surface area contributed by atoms with Crippen molar-refractivity contribution in [2.24, 2.45) is 0 Å². The molecule has 0 atom stereocenters. The van der Waals surface area contributed by atoms with Gasteiger partial charge in [0.15, 0.2) is 0 Å². The van der Waals surface area contributed by atoms with Crippen LogP contribution in [0.5, 0.6) is 5.75 Å². The summed E-state index contributed by atoms with van der Waals surface area (Å²) in [6.07, 6.45) is 2.57. The van der Waals surface area contributed by atoms with Crippen molar-refractivity contribution in [2.75, 3.05) is 31.3 Å². The normalized spacial score (nSPS) is 13.0. The Morgan fingerprint density at radius 1 is 1.09 bits per heavy atom. The number of hydrogen-bond acceptors (Lipinski definition) is 6. The van der Waals surface area contributed by atoms with Crippen molar-refractivity contribution >= 4 is 38.2 Å². The van der Waals surface area contributed by atoms with Crippen molar-refractivity contribution in [3.8, 4) is 5.75 Å². The number of hydrogen-bond donors (Lipinski definition) is 3. The minimum absolute atomic E-state index is 0.0315. The summed E-state index contributed by atoms with van der Waals surface area (Å²) in [5, 5.41) is 13.9. The summed E-state index contributed by atoms with van der Waals surface area (Å²) in [5.74, 6) is 0.484. The predicted molar refractivity (Wildman–Crippen MR) is 134 cm³/mol. The Morgan fingerprint density at radius 2 is 1.94 bits per heavy atom. The van der Waals surface area contributed by atoms with Gasteiger partial charge in [0.25, 0.3) is 5.91 Å². The predicted octanol–water partition coefficient (Wildman–Crippen LogP) is 3.61. The Morgan fingerprint density at radius 3 is 2.77 bits per heavy atom. The highest BCUT2D eigenvalue weighted by atomic mass is 32.2. The Labute approximate surface area is 203 Å². The molecule has 10 heteroatoms. The van der Waals surface area contributed by atoms with Crippen LogP contribution in [0.3, 0.4) is 0 Å². The van der Waals surface area contributed by atoms with Crippen molar-refractivity contribution < 1.29 is 17.9 Å². The lowest BCUT2D eigenvalue weighted by Gasteiger charge is -2.16. The van der Waals surface area contributed by atoms with E-state index in [1.165, 1.54) is 20.2 Å². The number of carbonyl (C=O) groups is 1. The maximum atomic E-state index is 13.1. The quantitative estimate of drug-likeness (QED) is 0.364. The summed E-state index contributed by atoms with van der Waals surface area (Å²) in [5.41, 5.74) is 4.30. The molecule has 5 rings (SSSR count). The molecule has 0 spiro atoms.